The third-order valence-corrected chi connectivity index (χ3v) is 3.86. The molecule has 2 aromatic carbocycles. The van der Waals surface area contributed by atoms with Gasteiger partial charge >= 0.3 is 0 Å². The van der Waals surface area contributed by atoms with Gasteiger partial charge < -0.3 is 19.5 Å². The normalized spacial score (nSPS) is 10.3. The molecule has 0 aliphatic carbocycles. The Bertz CT molecular complexity index is 903. The van der Waals surface area contributed by atoms with Gasteiger partial charge in [-0.1, -0.05) is 0 Å². The van der Waals surface area contributed by atoms with Crippen LogP contribution in [0.2, 0.25) is 0 Å². The zero-order valence-electron chi connectivity index (χ0n) is 14.7. The second-order valence-corrected chi connectivity index (χ2v) is 5.42. The van der Waals surface area contributed by atoms with Gasteiger partial charge in [-0.2, -0.15) is 5.10 Å². The fourth-order valence-electron chi connectivity index (χ4n) is 2.46. The molecule has 134 valence electrons. The van der Waals surface area contributed by atoms with Crippen LogP contribution < -0.4 is 19.5 Å². The van der Waals surface area contributed by atoms with Gasteiger partial charge in [0.1, 0.15) is 22.9 Å². The van der Waals surface area contributed by atoms with Crippen molar-refractivity contribution in [2.75, 3.05) is 26.6 Å². The molecule has 0 unspecified atom stereocenters. The molecule has 7 nitrogen and oxygen atoms in total. The van der Waals surface area contributed by atoms with Crippen LogP contribution in [0.15, 0.2) is 48.5 Å². The highest BCUT2D eigenvalue weighted by Crippen LogP contribution is 2.32. The molecule has 0 radical (unpaired) electrons. The molecule has 3 aromatic rings. The van der Waals surface area contributed by atoms with Crippen molar-refractivity contribution in [1.29, 1.82) is 0 Å². The summed E-state index contributed by atoms with van der Waals surface area (Å²) in [4.78, 5) is 12.4. The molecule has 1 aromatic heterocycles. The van der Waals surface area contributed by atoms with Crippen LogP contribution in [-0.2, 0) is 0 Å². The summed E-state index contributed by atoms with van der Waals surface area (Å²) in [5, 5.41) is 9.77. The molecule has 26 heavy (non-hydrogen) atoms. The zero-order chi connectivity index (χ0) is 18.5. The van der Waals surface area contributed by atoms with Crippen molar-refractivity contribution >= 4 is 11.6 Å². The fraction of sp³-hybridized carbons (Fsp3) is 0.158. The van der Waals surface area contributed by atoms with Crippen molar-refractivity contribution in [1.82, 2.24) is 10.2 Å². The second-order valence-electron chi connectivity index (χ2n) is 5.42. The first-order chi connectivity index (χ1) is 12.6. The van der Waals surface area contributed by atoms with E-state index < -0.39 is 0 Å². The van der Waals surface area contributed by atoms with Gasteiger partial charge in [-0.15, -0.1) is 0 Å². The first kappa shape index (κ1) is 17.3. The maximum atomic E-state index is 12.4. The van der Waals surface area contributed by atoms with E-state index >= 15 is 0 Å². The lowest BCUT2D eigenvalue weighted by atomic mass is 10.1. The van der Waals surface area contributed by atoms with E-state index in [1.54, 1.807) is 57.7 Å². The van der Waals surface area contributed by atoms with E-state index in [1.807, 2.05) is 12.1 Å². The number of benzene rings is 2. The van der Waals surface area contributed by atoms with Gasteiger partial charge in [-0.3, -0.25) is 9.89 Å². The molecule has 0 aliphatic rings. The topological polar surface area (TPSA) is 85.5 Å². The van der Waals surface area contributed by atoms with E-state index in [1.165, 1.54) is 0 Å². The van der Waals surface area contributed by atoms with Gasteiger partial charge in [0.15, 0.2) is 0 Å². The van der Waals surface area contributed by atoms with Crippen LogP contribution in [-0.4, -0.2) is 37.4 Å². The van der Waals surface area contributed by atoms with Crippen molar-refractivity contribution in [3.8, 4) is 28.5 Å². The maximum Gasteiger partial charge on any atom is 0.273 e. The molecule has 3 rings (SSSR count). The Morgan fingerprint density at radius 1 is 0.923 bits per heavy atom. The first-order valence-corrected chi connectivity index (χ1v) is 7.88. The van der Waals surface area contributed by atoms with Gasteiger partial charge in [0.25, 0.3) is 5.91 Å². The monoisotopic (exact) mass is 353 g/mol. The molecule has 0 spiro atoms. The molecule has 0 bridgehead atoms. The molecular formula is C19H19N3O4. The molecule has 0 atom stereocenters. The number of rotatable bonds is 6. The summed E-state index contributed by atoms with van der Waals surface area (Å²) in [7, 11) is 4.75. The zero-order valence-corrected chi connectivity index (χ0v) is 14.7. The number of carbonyl (C=O) groups excluding carboxylic acids is 1. The van der Waals surface area contributed by atoms with Gasteiger partial charge in [0.2, 0.25) is 0 Å². The van der Waals surface area contributed by atoms with E-state index in [-0.39, 0.29) is 5.91 Å². The standard InChI is InChI=1S/C19H19N3O4/c1-24-13-6-4-12(5-7-13)20-19(23)17-11-16(21-22-17)15-9-8-14(25-2)10-18(15)26-3/h4-11H,1-3H3,(H,20,23)(H,21,22). The third kappa shape index (κ3) is 3.61. The number of methoxy groups -OCH3 is 3. The largest absolute Gasteiger partial charge is 0.497 e. The Balaban J connectivity index is 1.79. The van der Waals surface area contributed by atoms with E-state index in [4.69, 9.17) is 14.2 Å². The summed E-state index contributed by atoms with van der Waals surface area (Å²) in [6, 6.07) is 14.2. The van der Waals surface area contributed by atoms with E-state index in [0.29, 0.717) is 28.6 Å². The third-order valence-electron chi connectivity index (χ3n) is 3.86. The summed E-state index contributed by atoms with van der Waals surface area (Å²) < 4.78 is 15.7. The highest BCUT2D eigenvalue weighted by molar-refractivity contribution is 6.03. The van der Waals surface area contributed by atoms with Crippen LogP contribution in [0.25, 0.3) is 11.3 Å². The number of aromatic nitrogens is 2. The SMILES string of the molecule is COc1ccc(NC(=O)c2cc(-c3ccc(OC)cc3OC)n[nH]2)cc1. The van der Waals surface area contributed by atoms with Gasteiger partial charge in [0.05, 0.1) is 27.0 Å². The number of H-pyrrole nitrogens is 1. The van der Waals surface area contributed by atoms with Crippen molar-refractivity contribution in [3.05, 3.63) is 54.2 Å². The lowest BCUT2D eigenvalue weighted by molar-refractivity contribution is 0.102. The van der Waals surface area contributed by atoms with E-state index in [2.05, 4.69) is 15.5 Å². The fourth-order valence-corrected chi connectivity index (χ4v) is 2.46. The summed E-state index contributed by atoms with van der Waals surface area (Å²) in [5.41, 5.74) is 2.36. The number of ether oxygens (including phenoxy) is 3. The van der Waals surface area contributed by atoms with Crippen molar-refractivity contribution in [2.24, 2.45) is 0 Å². The molecule has 1 heterocycles. The van der Waals surface area contributed by atoms with Crippen LogP contribution in [0, 0.1) is 0 Å². The average Bonchev–Trinajstić information content (AvgIpc) is 3.18. The molecule has 0 saturated heterocycles. The predicted octanol–water partition coefficient (Wildman–Crippen LogP) is 3.35. The van der Waals surface area contributed by atoms with Crippen LogP contribution in [0.1, 0.15) is 10.5 Å². The molecule has 0 saturated carbocycles. The summed E-state index contributed by atoms with van der Waals surface area (Å²) in [5.74, 6) is 1.72. The molecule has 7 heteroatoms. The van der Waals surface area contributed by atoms with Crippen molar-refractivity contribution in [2.45, 2.75) is 0 Å². The molecule has 0 fully saturated rings. The van der Waals surface area contributed by atoms with Crippen LogP contribution in [0.3, 0.4) is 0 Å². The number of amides is 1. The number of hydrogen-bond acceptors (Lipinski definition) is 5. The second kappa shape index (κ2) is 7.60. The van der Waals surface area contributed by atoms with Gasteiger partial charge in [-0.25, -0.2) is 0 Å². The molecule has 2 N–H and O–H groups in total. The van der Waals surface area contributed by atoms with Crippen LogP contribution in [0.5, 0.6) is 17.2 Å². The Hall–Kier alpha value is -3.48. The molecule has 0 aliphatic heterocycles. The minimum atomic E-state index is -0.290. The predicted molar refractivity (Wildman–Crippen MR) is 98.1 cm³/mol. The maximum absolute atomic E-state index is 12.4. The van der Waals surface area contributed by atoms with E-state index in [9.17, 15) is 4.79 Å². The minimum Gasteiger partial charge on any atom is -0.497 e. The highest BCUT2D eigenvalue weighted by Gasteiger charge is 2.15. The summed E-state index contributed by atoms with van der Waals surface area (Å²) >= 11 is 0. The number of hydrogen-bond donors (Lipinski definition) is 2. The Kier molecular flexibility index (Phi) is 5.07. The van der Waals surface area contributed by atoms with Crippen molar-refractivity contribution < 1.29 is 19.0 Å². The Morgan fingerprint density at radius 2 is 1.62 bits per heavy atom. The smallest absolute Gasteiger partial charge is 0.273 e. The molecular weight excluding hydrogens is 334 g/mol. The quantitative estimate of drug-likeness (QED) is 0.710. The number of nitrogens with one attached hydrogen (secondary N) is 2. The Morgan fingerprint density at radius 3 is 2.27 bits per heavy atom. The lowest BCUT2D eigenvalue weighted by Crippen LogP contribution is -2.12. The number of carbonyl (C=O) groups is 1. The average molecular weight is 353 g/mol. The van der Waals surface area contributed by atoms with Crippen LogP contribution in [0.4, 0.5) is 5.69 Å². The first-order valence-electron chi connectivity index (χ1n) is 7.88. The number of aromatic amines is 1. The van der Waals surface area contributed by atoms with Gasteiger partial charge in [-0.05, 0) is 42.5 Å². The van der Waals surface area contributed by atoms with Crippen molar-refractivity contribution in [3.63, 3.8) is 0 Å². The minimum absolute atomic E-state index is 0.290. The number of anilines is 1. The van der Waals surface area contributed by atoms with E-state index in [0.717, 1.165) is 11.3 Å². The molecule has 1 amide bonds. The van der Waals surface area contributed by atoms with Crippen LogP contribution >= 0.6 is 0 Å². The van der Waals surface area contributed by atoms with Gasteiger partial charge in [0, 0.05) is 17.3 Å². The lowest BCUT2D eigenvalue weighted by Gasteiger charge is -2.08. The summed E-state index contributed by atoms with van der Waals surface area (Å²) in [6.07, 6.45) is 0. The summed E-state index contributed by atoms with van der Waals surface area (Å²) in [6.45, 7) is 0. The highest BCUT2D eigenvalue weighted by atomic mass is 16.5. The number of nitrogens with zero attached hydrogens (tertiary/aromatic N) is 1. The Labute approximate surface area is 150 Å².